The predicted molar refractivity (Wildman–Crippen MR) is 70.6 cm³/mol. The van der Waals surface area contributed by atoms with Gasteiger partial charge >= 0.3 is 6.61 Å². The first-order valence-corrected chi connectivity index (χ1v) is 6.08. The molecular formula is C12H14F3N5O. The van der Waals surface area contributed by atoms with Crippen LogP contribution in [0.3, 0.4) is 0 Å². The van der Waals surface area contributed by atoms with Gasteiger partial charge in [-0.2, -0.15) is 13.9 Å². The van der Waals surface area contributed by atoms with Crippen LogP contribution in [0.15, 0.2) is 18.5 Å². The first-order valence-electron chi connectivity index (χ1n) is 6.08. The van der Waals surface area contributed by atoms with Gasteiger partial charge in [-0.1, -0.05) is 0 Å². The van der Waals surface area contributed by atoms with E-state index in [1.54, 1.807) is 18.1 Å². The summed E-state index contributed by atoms with van der Waals surface area (Å²) in [5.74, 6) is -0.878. The molecule has 0 unspecified atom stereocenters. The molecule has 6 nitrogen and oxygen atoms in total. The van der Waals surface area contributed by atoms with E-state index in [4.69, 9.17) is 5.73 Å². The average molecular weight is 301 g/mol. The summed E-state index contributed by atoms with van der Waals surface area (Å²) in [6, 6.07) is 2.03. The fraction of sp³-hybridized carbons (Fsp3) is 0.333. The number of aryl methyl sites for hydroxylation is 1. The number of nitrogens with two attached hydrogens (primary N) is 1. The lowest BCUT2D eigenvalue weighted by Crippen LogP contribution is -2.10. The third kappa shape index (κ3) is 4.01. The number of benzene rings is 1. The van der Waals surface area contributed by atoms with Gasteiger partial charge in [0.2, 0.25) is 0 Å². The third-order valence-electron chi connectivity index (χ3n) is 2.63. The number of rotatable bonds is 6. The summed E-state index contributed by atoms with van der Waals surface area (Å²) in [5.41, 5.74) is 6.03. The van der Waals surface area contributed by atoms with Crippen molar-refractivity contribution in [1.82, 2.24) is 14.8 Å². The summed E-state index contributed by atoms with van der Waals surface area (Å²) < 4.78 is 43.3. The molecule has 0 saturated carbocycles. The van der Waals surface area contributed by atoms with Gasteiger partial charge in [-0.15, -0.1) is 0 Å². The van der Waals surface area contributed by atoms with Crippen molar-refractivity contribution in [2.75, 3.05) is 17.6 Å². The minimum atomic E-state index is -3.10. The molecule has 0 aliphatic heterocycles. The van der Waals surface area contributed by atoms with Crippen molar-refractivity contribution < 1.29 is 17.9 Å². The molecule has 21 heavy (non-hydrogen) atoms. The van der Waals surface area contributed by atoms with Crippen molar-refractivity contribution in [2.24, 2.45) is 7.05 Å². The first-order chi connectivity index (χ1) is 9.95. The molecule has 0 spiro atoms. The van der Waals surface area contributed by atoms with Gasteiger partial charge in [-0.05, 0) is 0 Å². The van der Waals surface area contributed by atoms with Crippen LogP contribution < -0.4 is 15.8 Å². The molecule has 2 rings (SSSR count). The molecule has 0 fully saturated rings. The molecule has 2 aromatic rings. The van der Waals surface area contributed by atoms with Crippen LogP contribution >= 0.6 is 0 Å². The second-order valence-corrected chi connectivity index (χ2v) is 4.26. The lowest BCUT2D eigenvalue weighted by molar-refractivity contribution is -0.0521. The highest BCUT2D eigenvalue weighted by molar-refractivity contribution is 5.68. The van der Waals surface area contributed by atoms with Gasteiger partial charge < -0.3 is 15.8 Å². The summed E-state index contributed by atoms with van der Waals surface area (Å²) >= 11 is 0. The molecule has 1 aromatic carbocycles. The van der Waals surface area contributed by atoms with Crippen molar-refractivity contribution in [2.45, 2.75) is 13.0 Å². The topological polar surface area (TPSA) is 78.0 Å². The number of ether oxygens (including phenoxy) is 1. The van der Waals surface area contributed by atoms with Crippen LogP contribution in [-0.2, 0) is 13.5 Å². The van der Waals surface area contributed by atoms with Crippen molar-refractivity contribution in [1.29, 1.82) is 0 Å². The number of hydrogen-bond acceptors (Lipinski definition) is 5. The Morgan fingerprint density at radius 3 is 2.81 bits per heavy atom. The smallest absolute Gasteiger partial charge is 0.387 e. The monoisotopic (exact) mass is 301 g/mol. The number of nitrogens with zero attached hydrogens (tertiary/aromatic N) is 3. The molecular weight excluding hydrogens is 287 g/mol. The average Bonchev–Trinajstić information content (AvgIpc) is 2.80. The van der Waals surface area contributed by atoms with Crippen LogP contribution in [0.5, 0.6) is 5.75 Å². The molecule has 0 bridgehead atoms. The van der Waals surface area contributed by atoms with E-state index >= 15 is 0 Å². The Bertz CT molecular complexity index is 617. The molecule has 0 atom stereocenters. The van der Waals surface area contributed by atoms with Gasteiger partial charge in [-0.25, -0.2) is 9.37 Å². The number of alkyl halides is 2. The molecule has 0 radical (unpaired) electrons. The second kappa shape index (κ2) is 6.33. The van der Waals surface area contributed by atoms with E-state index in [-0.39, 0.29) is 5.69 Å². The lowest BCUT2D eigenvalue weighted by atomic mass is 10.2. The van der Waals surface area contributed by atoms with E-state index < -0.39 is 18.2 Å². The summed E-state index contributed by atoms with van der Waals surface area (Å²) in [6.07, 6.45) is 2.07. The molecule has 1 heterocycles. The zero-order valence-electron chi connectivity index (χ0n) is 11.2. The van der Waals surface area contributed by atoms with E-state index in [9.17, 15) is 13.2 Å². The van der Waals surface area contributed by atoms with E-state index in [0.29, 0.717) is 24.5 Å². The molecule has 0 aliphatic carbocycles. The molecule has 0 amide bonds. The number of anilines is 2. The zero-order chi connectivity index (χ0) is 15.4. The Balaban J connectivity index is 2.01. The summed E-state index contributed by atoms with van der Waals surface area (Å²) in [7, 11) is 1.75. The standard InChI is InChI=1S/C12H14F3N5O/c1-20-6-18-11(19-20)2-3-17-9-5-10(21-12(14)15)7(13)4-8(9)16/h4-6,12,17H,2-3,16H2,1H3. The Hall–Kier alpha value is -2.45. The predicted octanol–water partition coefficient (Wildman–Crippen LogP) is 1.79. The fourth-order valence-corrected chi connectivity index (χ4v) is 1.72. The minimum Gasteiger partial charge on any atom is -0.432 e. The number of nitrogens with one attached hydrogen (secondary N) is 1. The van der Waals surface area contributed by atoms with Crippen molar-refractivity contribution >= 4 is 11.4 Å². The number of aromatic nitrogens is 3. The van der Waals surface area contributed by atoms with Gasteiger partial charge in [0.05, 0.1) is 11.4 Å². The second-order valence-electron chi connectivity index (χ2n) is 4.26. The minimum absolute atomic E-state index is 0.100. The first kappa shape index (κ1) is 14.9. The van der Waals surface area contributed by atoms with E-state index in [1.165, 1.54) is 0 Å². The molecule has 0 saturated heterocycles. The molecule has 0 aliphatic rings. The van der Waals surface area contributed by atoms with Gasteiger partial charge in [0.1, 0.15) is 6.33 Å². The fourth-order valence-electron chi connectivity index (χ4n) is 1.72. The van der Waals surface area contributed by atoms with E-state index in [0.717, 1.165) is 12.1 Å². The summed E-state index contributed by atoms with van der Waals surface area (Å²) in [4.78, 5) is 4.04. The van der Waals surface area contributed by atoms with Crippen molar-refractivity contribution in [3.8, 4) is 5.75 Å². The molecule has 114 valence electrons. The van der Waals surface area contributed by atoms with Crippen LogP contribution in [0.4, 0.5) is 24.5 Å². The summed E-state index contributed by atoms with van der Waals surface area (Å²) in [6.45, 7) is -2.69. The lowest BCUT2D eigenvalue weighted by Gasteiger charge is -2.12. The molecule has 3 N–H and O–H groups in total. The highest BCUT2D eigenvalue weighted by atomic mass is 19.3. The molecule has 9 heteroatoms. The Morgan fingerprint density at radius 2 is 2.19 bits per heavy atom. The highest BCUT2D eigenvalue weighted by Crippen LogP contribution is 2.29. The Labute approximate surface area is 118 Å². The third-order valence-corrected chi connectivity index (χ3v) is 2.63. The maximum absolute atomic E-state index is 13.4. The summed E-state index contributed by atoms with van der Waals surface area (Å²) in [5, 5.41) is 6.99. The van der Waals surface area contributed by atoms with Gasteiger partial charge in [0.15, 0.2) is 17.4 Å². The van der Waals surface area contributed by atoms with Crippen LogP contribution in [0.2, 0.25) is 0 Å². The number of halogens is 3. The van der Waals surface area contributed by atoms with Crippen molar-refractivity contribution in [3.05, 3.63) is 30.1 Å². The molecule has 1 aromatic heterocycles. The Morgan fingerprint density at radius 1 is 1.43 bits per heavy atom. The normalized spacial score (nSPS) is 10.9. The van der Waals surface area contributed by atoms with E-state index in [2.05, 4.69) is 20.1 Å². The number of nitrogen functional groups attached to an aromatic ring is 1. The van der Waals surface area contributed by atoms with Crippen LogP contribution in [0.1, 0.15) is 5.82 Å². The Kier molecular flexibility index (Phi) is 4.51. The largest absolute Gasteiger partial charge is 0.432 e. The van der Waals surface area contributed by atoms with Gasteiger partial charge in [0.25, 0.3) is 0 Å². The van der Waals surface area contributed by atoms with Crippen LogP contribution in [0.25, 0.3) is 0 Å². The SMILES string of the molecule is Cn1cnc(CCNc2cc(OC(F)F)c(F)cc2N)n1. The van der Waals surface area contributed by atoms with Gasteiger partial charge in [0, 0.05) is 32.1 Å². The zero-order valence-corrected chi connectivity index (χ0v) is 11.2. The number of hydrogen-bond donors (Lipinski definition) is 2. The van der Waals surface area contributed by atoms with Crippen LogP contribution in [0, 0.1) is 5.82 Å². The van der Waals surface area contributed by atoms with Crippen LogP contribution in [-0.4, -0.2) is 27.9 Å². The maximum atomic E-state index is 13.4. The highest BCUT2D eigenvalue weighted by Gasteiger charge is 2.13. The quantitative estimate of drug-likeness (QED) is 0.795. The maximum Gasteiger partial charge on any atom is 0.387 e. The van der Waals surface area contributed by atoms with Crippen molar-refractivity contribution in [3.63, 3.8) is 0 Å². The van der Waals surface area contributed by atoms with E-state index in [1.807, 2.05) is 0 Å². The van der Waals surface area contributed by atoms with Gasteiger partial charge in [-0.3, -0.25) is 4.68 Å².